The lowest BCUT2D eigenvalue weighted by Crippen LogP contribution is -2.15. The molecule has 0 aliphatic carbocycles. The highest BCUT2D eigenvalue weighted by Gasteiger charge is 2.12. The van der Waals surface area contributed by atoms with Gasteiger partial charge >= 0.3 is 0 Å². The zero-order valence-corrected chi connectivity index (χ0v) is 17.9. The summed E-state index contributed by atoms with van der Waals surface area (Å²) in [6.07, 6.45) is 0. The van der Waals surface area contributed by atoms with Crippen molar-refractivity contribution >= 4 is 23.5 Å². The molecular weight excluding hydrogens is 413 g/mol. The molecule has 1 nitrogen and oxygen atoms in total. The van der Waals surface area contributed by atoms with E-state index in [1.807, 2.05) is 36.4 Å². The minimum Gasteiger partial charge on any atom is -0.238 e. The summed E-state index contributed by atoms with van der Waals surface area (Å²) < 4.78 is 15.7. The second-order valence-corrected chi connectivity index (χ2v) is 8.58. The van der Waals surface area contributed by atoms with Gasteiger partial charge in [-0.15, -0.1) is 0 Å². The third-order valence-electron chi connectivity index (χ3n) is 4.76. The van der Waals surface area contributed by atoms with Crippen molar-refractivity contribution in [2.75, 3.05) is 0 Å². The molecule has 0 aliphatic heterocycles. The molecule has 30 heavy (non-hydrogen) atoms. The molecule has 0 atom stereocenters. The van der Waals surface area contributed by atoms with Crippen LogP contribution in [0.1, 0.15) is 11.1 Å². The van der Waals surface area contributed by atoms with Crippen LogP contribution in [0.2, 0.25) is 5.02 Å². The van der Waals surface area contributed by atoms with Gasteiger partial charge in [-0.1, -0.05) is 90.5 Å². The van der Waals surface area contributed by atoms with E-state index in [9.17, 15) is 4.39 Å². The normalized spacial score (nSPS) is 11.0. The Kier molecular flexibility index (Phi) is 6.85. The molecule has 0 unspecified atom stereocenters. The van der Waals surface area contributed by atoms with Gasteiger partial charge in [-0.05, 0) is 58.5 Å². The first-order chi connectivity index (χ1) is 14.7. The molecule has 0 radical (unpaired) electrons. The van der Waals surface area contributed by atoms with Crippen LogP contribution in [0.15, 0.2) is 108 Å². The first kappa shape index (κ1) is 20.7. The molecule has 4 aromatic carbocycles. The highest BCUT2D eigenvalue weighted by atomic mass is 35.5. The zero-order valence-electron chi connectivity index (χ0n) is 16.3. The average molecular weight is 434 g/mol. The summed E-state index contributed by atoms with van der Waals surface area (Å²) >= 11 is 7.97. The molecule has 0 amide bonds. The summed E-state index contributed by atoms with van der Waals surface area (Å²) in [5, 5.41) is 0.452. The van der Waals surface area contributed by atoms with E-state index in [1.54, 1.807) is 18.0 Å². The van der Waals surface area contributed by atoms with E-state index in [2.05, 4.69) is 52.8 Å². The summed E-state index contributed by atoms with van der Waals surface area (Å²) in [6.45, 7) is 1.35. The summed E-state index contributed by atoms with van der Waals surface area (Å²) in [6, 6.07) is 33.8. The minimum atomic E-state index is -0.317. The molecule has 150 valence electrons. The van der Waals surface area contributed by atoms with Crippen LogP contribution in [0, 0.1) is 5.82 Å². The smallest absolute Gasteiger partial charge is 0.124 e. The maximum absolute atomic E-state index is 13.5. The molecule has 0 fully saturated rings. The number of hydrogen-bond acceptors (Lipinski definition) is 2. The molecule has 0 N–H and O–H groups in total. The standard InChI is InChI=1S/C26H21ClFNS/c27-26-17-24(28)16-15-23(26)19-29(30-25-9-5-2-6-10-25)18-20-11-13-22(14-12-20)21-7-3-1-4-8-21/h1-17H,18-19H2. The average Bonchev–Trinajstić information content (AvgIpc) is 2.77. The van der Waals surface area contributed by atoms with E-state index in [0.29, 0.717) is 11.6 Å². The molecule has 0 bridgehead atoms. The Hall–Kier alpha value is -2.59. The minimum absolute atomic E-state index is 0.317. The highest BCUT2D eigenvalue weighted by molar-refractivity contribution is 7.97. The number of rotatable bonds is 7. The van der Waals surface area contributed by atoms with Crippen molar-refractivity contribution in [2.45, 2.75) is 18.0 Å². The van der Waals surface area contributed by atoms with Crippen LogP contribution < -0.4 is 0 Å². The summed E-state index contributed by atoms with van der Waals surface area (Å²) in [7, 11) is 0. The Labute approximate surface area is 186 Å². The number of hydrogen-bond donors (Lipinski definition) is 0. The van der Waals surface area contributed by atoms with Crippen molar-refractivity contribution in [1.82, 2.24) is 4.31 Å². The molecule has 0 saturated heterocycles. The molecule has 0 aliphatic rings. The number of benzene rings is 4. The van der Waals surface area contributed by atoms with E-state index in [4.69, 9.17) is 11.6 Å². The van der Waals surface area contributed by atoms with Crippen LogP contribution in [-0.2, 0) is 13.1 Å². The Balaban J connectivity index is 1.54. The van der Waals surface area contributed by atoms with Gasteiger partial charge in [0.15, 0.2) is 0 Å². The molecule has 0 spiro atoms. The molecule has 4 heteroatoms. The van der Waals surface area contributed by atoms with Crippen molar-refractivity contribution in [3.05, 3.63) is 125 Å². The Morgan fingerprint density at radius 2 is 1.33 bits per heavy atom. The predicted molar refractivity (Wildman–Crippen MR) is 125 cm³/mol. The summed E-state index contributed by atoms with van der Waals surface area (Å²) in [5.74, 6) is -0.317. The maximum Gasteiger partial charge on any atom is 0.124 e. The fraction of sp³-hybridized carbons (Fsp3) is 0.0769. The van der Waals surface area contributed by atoms with E-state index in [-0.39, 0.29) is 5.82 Å². The van der Waals surface area contributed by atoms with Gasteiger partial charge in [-0.25, -0.2) is 8.70 Å². The SMILES string of the molecule is Fc1ccc(CN(Cc2ccc(-c3ccccc3)cc2)Sc2ccccc2)c(Cl)c1. The lowest BCUT2D eigenvalue weighted by atomic mass is 10.0. The first-order valence-electron chi connectivity index (χ1n) is 9.73. The molecule has 0 aromatic heterocycles. The van der Waals surface area contributed by atoms with E-state index in [1.165, 1.54) is 28.8 Å². The Bertz CT molecular complexity index is 1090. The molecule has 0 saturated carbocycles. The second kappa shape index (κ2) is 9.94. The lowest BCUT2D eigenvalue weighted by molar-refractivity contribution is 0.462. The van der Waals surface area contributed by atoms with Crippen LogP contribution in [0.4, 0.5) is 4.39 Å². The largest absolute Gasteiger partial charge is 0.238 e. The van der Waals surface area contributed by atoms with Crippen molar-refractivity contribution in [3.8, 4) is 11.1 Å². The monoisotopic (exact) mass is 433 g/mol. The quantitative estimate of drug-likeness (QED) is 0.273. The maximum atomic E-state index is 13.5. The predicted octanol–water partition coefficient (Wildman–Crippen LogP) is 7.86. The Morgan fingerprint density at radius 3 is 2.00 bits per heavy atom. The summed E-state index contributed by atoms with van der Waals surface area (Å²) in [4.78, 5) is 1.15. The third-order valence-corrected chi connectivity index (χ3v) is 6.11. The van der Waals surface area contributed by atoms with Gasteiger partial charge in [-0.2, -0.15) is 0 Å². The van der Waals surface area contributed by atoms with Crippen LogP contribution in [0.25, 0.3) is 11.1 Å². The van der Waals surface area contributed by atoms with Crippen molar-refractivity contribution in [3.63, 3.8) is 0 Å². The first-order valence-corrected chi connectivity index (χ1v) is 10.9. The highest BCUT2D eigenvalue weighted by Crippen LogP contribution is 2.29. The van der Waals surface area contributed by atoms with Gasteiger partial charge in [0.1, 0.15) is 5.82 Å². The van der Waals surface area contributed by atoms with E-state index >= 15 is 0 Å². The molecule has 4 rings (SSSR count). The third kappa shape index (κ3) is 5.51. The zero-order chi connectivity index (χ0) is 20.8. The number of halogens is 2. The summed E-state index contributed by atoms with van der Waals surface area (Å²) in [5.41, 5.74) is 4.51. The molecule has 0 heterocycles. The van der Waals surface area contributed by atoms with E-state index < -0.39 is 0 Å². The second-order valence-electron chi connectivity index (χ2n) is 7.00. The van der Waals surface area contributed by atoms with Gasteiger partial charge in [0.2, 0.25) is 0 Å². The van der Waals surface area contributed by atoms with Crippen LogP contribution in [0.3, 0.4) is 0 Å². The number of nitrogens with zero attached hydrogens (tertiary/aromatic N) is 1. The van der Waals surface area contributed by atoms with Crippen LogP contribution in [0.5, 0.6) is 0 Å². The molecule has 4 aromatic rings. The van der Waals surface area contributed by atoms with E-state index in [0.717, 1.165) is 17.0 Å². The Morgan fingerprint density at radius 1 is 0.700 bits per heavy atom. The van der Waals surface area contributed by atoms with Crippen molar-refractivity contribution < 1.29 is 4.39 Å². The van der Waals surface area contributed by atoms with Gasteiger partial charge in [-0.3, -0.25) is 0 Å². The van der Waals surface area contributed by atoms with Crippen LogP contribution >= 0.6 is 23.5 Å². The molecular formula is C26H21ClFNS. The fourth-order valence-corrected chi connectivity index (χ4v) is 4.45. The fourth-order valence-electron chi connectivity index (χ4n) is 3.23. The van der Waals surface area contributed by atoms with Crippen LogP contribution in [-0.4, -0.2) is 4.31 Å². The van der Waals surface area contributed by atoms with Gasteiger partial charge in [0.05, 0.1) is 0 Å². The van der Waals surface area contributed by atoms with Gasteiger partial charge in [0.25, 0.3) is 0 Å². The topological polar surface area (TPSA) is 3.24 Å². The van der Waals surface area contributed by atoms with Gasteiger partial charge < -0.3 is 0 Å². The lowest BCUT2D eigenvalue weighted by Gasteiger charge is -2.22. The van der Waals surface area contributed by atoms with Crippen molar-refractivity contribution in [1.29, 1.82) is 0 Å². The van der Waals surface area contributed by atoms with Gasteiger partial charge in [0, 0.05) is 23.0 Å². The van der Waals surface area contributed by atoms with Crippen molar-refractivity contribution in [2.24, 2.45) is 0 Å².